The zero-order valence-corrected chi connectivity index (χ0v) is 5.50. The van der Waals surface area contributed by atoms with Crippen molar-refractivity contribution in [3.05, 3.63) is 0 Å². The molecule has 0 aliphatic heterocycles. The Labute approximate surface area is 54.3 Å². The fourth-order valence-electron chi connectivity index (χ4n) is 0.936. The molecule has 0 aromatic heterocycles. The lowest BCUT2D eigenvalue weighted by Crippen LogP contribution is -2.30. The maximum absolute atomic E-state index is 10.3. The SMILES string of the molecule is CCN(C(=O)O)C1CC1. The Morgan fingerprint density at radius 1 is 1.78 bits per heavy atom. The van der Waals surface area contributed by atoms with E-state index in [-0.39, 0.29) is 0 Å². The van der Waals surface area contributed by atoms with Crippen molar-refractivity contribution in [1.82, 2.24) is 4.90 Å². The van der Waals surface area contributed by atoms with Crippen molar-refractivity contribution in [1.29, 1.82) is 0 Å². The Balaban J connectivity index is 2.37. The molecular weight excluding hydrogens is 118 g/mol. The molecule has 3 heteroatoms. The molecule has 1 fully saturated rings. The van der Waals surface area contributed by atoms with Crippen molar-refractivity contribution in [2.45, 2.75) is 25.8 Å². The van der Waals surface area contributed by atoms with Crippen molar-refractivity contribution in [3.63, 3.8) is 0 Å². The van der Waals surface area contributed by atoms with Gasteiger partial charge in [-0.15, -0.1) is 0 Å². The van der Waals surface area contributed by atoms with E-state index >= 15 is 0 Å². The zero-order valence-electron chi connectivity index (χ0n) is 5.50. The first-order valence-corrected chi connectivity index (χ1v) is 3.25. The van der Waals surface area contributed by atoms with E-state index in [1.54, 1.807) is 0 Å². The lowest BCUT2D eigenvalue weighted by Gasteiger charge is -2.14. The lowest BCUT2D eigenvalue weighted by atomic mass is 10.5. The van der Waals surface area contributed by atoms with Crippen LogP contribution in [0.1, 0.15) is 19.8 Å². The molecule has 1 aliphatic rings. The van der Waals surface area contributed by atoms with E-state index in [1.807, 2.05) is 6.92 Å². The van der Waals surface area contributed by atoms with Crippen molar-refractivity contribution < 1.29 is 9.90 Å². The fourth-order valence-corrected chi connectivity index (χ4v) is 0.936. The van der Waals surface area contributed by atoms with Gasteiger partial charge in [0.25, 0.3) is 0 Å². The molecule has 9 heavy (non-hydrogen) atoms. The van der Waals surface area contributed by atoms with E-state index in [4.69, 9.17) is 5.11 Å². The van der Waals surface area contributed by atoms with Gasteiger partial charge in [-0.05, 0) is 19.8 Å². The summed E-state index contributed by atoms with van der Waals surface area (Å²) in [5.74, 6) is 0. The molecule has 0 spiro atoms. The minimum absolute atomic E-state index is 0.340. The third kappa shape index (κ3) is 1.34. The van der Waals surface area contributed by atoms with Gasteiger partial charge in [0.05, 0.1) is 0 Å². The number of carboxylic acid groups (broad SMARTS) is 1. The van der Waals surface area contributed by atoms with Gasteiger partial charge in [-0.2, -0.15) is 0 Å². The molecule has 0 aromatic rings. The Hall–Kier alpha value is -0.730. The second-order valence-corrected chi connectivity index (χ2v) is 2.30. The number of carbonyl (C=O) groups is 1. The predicted octanol–water partition coefficient (Wildman–Crippen LogP) is 1.15. The second kappa shape index (κ2) is 2.25. The van der Waals surface area contributed by atoms with E-state index in [0.29, 0.717) is 12.6 Å². The van der Waals surface area contributed by atoms with Gasteiger partial charge in [-0.1, -0.05) is 0 Å². The first kappa shape index (κ1) is 6.39. The normalized spacial score (nSPS) is 17.4. The van der Waals surface area contributed by atoms with Crippen LogP contribution in [-0.2, 0) is 0 Å². The van der Waals surface area contributed by atoms with Gasteiger partial charge in [0.1, 0.15) is 0 Å². The maximum atomic E-state index is 10.3. The molecule has 0 saturated heterocycles. The minimum atomic E-state index is -0.778. The topological polar surface area (TPSA) is 40.5 Å². The van der Waals surface area contributed by atoms with Gasteiger partial charge in [-0.25, -0.2) is 4.79 Å². The van der Waals surface area contributed by atoms with Crippen LogP contribution in [0.25, 0.3) is 0 Å². The summed E-state index contributed by atoms with van der Waals surface area (Å²) in [6.45, 7) is 2.49. The van der Waals surface area contributed by atoms with Crippen molar-refractivity contribution in [2.24, 2.45) is 0 Å². The molecule has 0 atom stereocenters. The van der Waals surface area contributed by atoms with Crippen LogP contribution in [0, 0.1) is 0 Å². The van der Waals surface area contributed by atoms with Crippen molar-refractivity contribution in [3.8, 4) is 0 Å². The number of hydrogen-bond acceptors (Lipinski definition) is 1. The fraction of sp³-hybridized carbons (Fsp3) is 0.833. The summed E-state index contributed by atoms with van der Waals surface area (Å²) >= 11 is 0. The van der Waals surface area contributed by atoms with Crippen LogP contribution in [-0.4, -0.2) is 28.7 Å². The molecule has 1 aliphatic carbocycles. The first-order valence-electron chi connectivity index (χ1n) is 3.25. The Morgan fingerprint density at radius 2 is 2.33 bits per heavy atom. The Morgan fingerprint density at radius 3 is 2.44 bits per heavy atom. The summed E-state index contributed by atoms with van der Waals surface area (Å²) in [6.07, 6.45) is 1.33. The van der Waals surface area contributed by atoms with E-state index < -0.39 is 6.09 Å². The highest BCUT2D eigenvalue weighted by atomic mass is 16.4. The molecule has 0 unspecified atom stereocenters. The second-order valence-electron chi connectivity index (χ2n) is 2.30. The van der Waals surface area contributed by atoms with Gasteiger partial charge in [-0.3, -0.25) is 0 Å². The smallest absolute Gasteiger partial charge is 0.407 e. The summed E-state index contributed by atoms with van der Waals surface area (Å²) in [5.41, 5.74) is 0. The van der Waals surface area contributed by atoms with Crippen LogP contribution in [0.4, 0.5) is 4.79 Å². The summed E-state index contributed by atoms with van der Waals surface area (Å²) < 4.78 is 0. The Bertz CT molecular complexity index is 120. The number of nitrogens with zero attached hydrogens (tertiary/aromatic N) is 1. The highest BCUT2D eigenvalue weighted by Gasteiger charge is 2.30. The molecule has 52 valence electrons. The van der Waals surface area contributed by atoms with E-state index in [0.717, 1.165) is 12.8 Å². The first-order chi connectivity index (χ1) is 4.25. The van der Waals surface area contributed by atoms with Gasteiger partial charge >= 0.3 is 6.09 Å². The van der Waals surface area contributed by atoms with Gasteiger partial charge in [0.15, 0.2) is 0 Å². The van der Waals surface area contributed by atoms with E-state index in [2.05, 4.69) is 0 Å². The molecular formula is C6H11NO2. The molecule has 0 aromatic carbocycles. The van der Waals surface area contributed by atoms with Crippen LogP contribution in [0.3, 0.4) is 0 Å². The van der Waals surface area contributed by atoms with Crippen LogP contribution in [0.15, 0.2) is 0 Å². The molecule has 0 radical (unpaired) electrons. The molecule has 0 heterocycles. The standard InChI is InChI=1S/C6H11NO2/c1-2-7(6(8)9)5-3-4-5/h5H,2-4H2,1H3,(H,8,9). The third-order valence-corrected chi connectivity index (χ3v) is 1.57. The summed E-state index contributed by atoms with van der Waals surface area (Å²) in [4.78, 5) is 11.8. The van der Waals surface area contributed by atoms with Crippen LogP contribution in [0.5, 0.6) is 0 Å². The average molecular weight is 129 g/mol. The molecule has 3 nitrogen and oxygen atoms in total. The minimum Gasteiger partial charge on any atom is -0.465 e. The van der Waals surface area contributed by atoms with E-state index in [9.17, 15) is 4.79 Å². The van der Waals surface area contributed by atoms with Crippen molar-refractivity contribution >= 4 is 6.09 Å². The molecule has 0 bridgehead atoms. The van der Waals surface area contributed by atoms with Crippen LogP contribution < -0.4 is 0 Å². The van der Waals surface area contributed by atoms with Gasteiger partial charge in [0, 0.05) is 12.6 Å². The average Bonchev–Trinajstić information content (AvgIpc) is 2.50. The number of hydrogen-bond donors (Lipinski definition) is 1. The third-order valence-electron chi connectivity index (χ3n) is 1.57. The largest absolute Gasteiger partial charge is 0.465 e. The van der Waals surface area contributed by atoms with Crippen LogP contribution in [0.2, 0.25) is 0 Å². The highest BCUT2D eigenvalue weighted by Crippen LogP contribution is 2.26. The van der Waals surface area contributed by atoms with Crippen LogP contribution >= 0.6 is 0 Å². The number of rotatable bonds is 2. The quantitative estimate of drug-likeness (QED) is 0.607. The summed E-state index contributed by atoms with van der Waals surface area (Å²) in [6, 6.07) is 0.340. The van der Waals surface area contributed by atoms with E-state index in [1.165, 1.54) is 4.90 Å². The van der Waals surface area contributed by atoms with Crippen molar-refractivity contribution in [2.75, 3.05) is 6.54 Å². The monoisotopic (exact) mass is 129 g/mol. The molecule has 1 amide bonds. The summed E-state index contributed by atoms with van der Waals surface area (Å²) in [7, 11) is 0. The maximum Gasteiger partial charge on any atom is 0.407 e. The lowest BCUT2D eigenvalue weighted by molar-refractivity contribution is 0.145. The van der Waals surface area contributed by atoms with Gasteiger partial charge in [0.2, 0.25) is 0 Å². The highest BCUT2D eigenvalue weighted by molar-refractivity contribution is 5.65. The summed E-state index contributed by atoms with van der Waals surface area (Å²) in [5, 5.41) is 8.51. The molecule has 1 rings (SSSR count). The molecule has 1 saturated carbocycles. The number of amides is 1. The Kier molecular flexibility index (Phi) is 1.60. The molecule has 1 N–H and O–H groups in total. The zero-order chi connectivity index (χ0) is 6.85. The van der Waals surface area contributed by atoms with Gasteiger partial charge < -0.3 is 10.0 Å². The predicted molar refractivity (Wildman–Crippen MR) is 33.4 cm³/mol.